The van der Waals surface area contributed by atoms with E-state index in [-0.39, 0.29) is 42.2 Å². The zero-order valence-electron chi connectivity index (χ0n) is 10.9. The summed E-state index contributed by atoms with van der Waals surface area (Å²) in [6.07, 6.45) is -0.0731. The highest BCUT2D eigenvalue weighted by Gasteiger charge is 2.11. The van der Waals surface area contributed by atoms with Gasteiger partial charge >= 0.3 is 5.97 Å². The van der Waals surface area contributed by atoms with Crippen molar-refractivity contribution < 1.29 is 29.3 Å². The van der Waals surface area contributed by atoms with Crippen molar-refractivity contribution >= 4 is 17.7 Å². The van der Waals surface area contributed by atoms with Crippen molar-refractivity contribution in [1.29, 1.82) is 0 Å². The van der Waals surface area contributed by atoms with Crippen LogP contribution in [0.3, 0.4) is 0 Å². The van der Waals surface area contributed by atoms with E-state index in [0.29, 0.717) is 0 Å². The van der Waals surface area contributed by atoms with Crippen molar-refractivity contribution in [2.24, 2.45) is 0 Å². The number of amides is 1. The number of phenolic OH excluding ortho intramolecular Hbond substituents is 2. The Morgan fingerprint density at radius 1 is 1.10 bits per heavy atom. The van der Waals surface area contributed by atoms with E-state index in [1.165, 1.54) is 7.11 Å². The molecule has 0 unspecified atom stereocenters. The molecule has 0 aliphatic rings. The van der Waals surface area contributed by atoms with Crippen LogP contribution in [0.2, 0.25) is 0 Å². The minimum absolute atomic E-state index is 0.0295. The Bertz CT molecular complexity index is 505. The first-order chi connectivity index (χ1) is 9.42. The van der Waals surface area contributed by atoms with E-state index in [1.54, 1.807) is 0 Å². The average Bonchev–Trinajstić information content (AvgIpc) is 2.40. The molecule has 1 aromatic carbocycles. The van der Waals surface area contributed by atoms with Gasteiger partial charge in [0, 0.05) is 18.1 Å². The summed E-state index contributed by atoms with van der Waals surface area (Å²) in [5.41, 5.74) is 0.0308. The van der Waals surface area contributed by atoms with Crippen LogP contribution in [0, 0.1) is 0 Å². The molecule has 0 saturated heterocycles. The van der Waals surface area contributed by atoms with Crippen LogP contribution in [0.15, 0.2) is 18.2 Å². The highest BCUT2D eigenvalue weighted by molar-refractivity contribution is 5.97. The summed E-state index contributed by atoms with van der Waals surface area (Å²) in [5.74, 6) is -1.95. The molecule has 0 aliphatic heterocycles. The zero-order chi connectivity index (χ0) is 15.1. The lowest BCUT2D eigenvalue weighted by atomic mass is 10.1. The number of ketones is 1. The molecule has 0 spiro atoms. The molecule has 0 aliphatic carbocycles. The number of carbonyl (C=O) groups excluding carboxylic acids is 3. The van der Waals surface area contributed by atoms with Gasteiger partial charge in [0.2, 0.25) is 0 Å². The van der Waals surface area contributed by atoms with Crippen molar-refractivity contribution in [2.45, 2.75) is 12.8 Å². The van der Waals surface area contributed by atoms with Gasteiger partial charge in [-0.2, -0.15) is 0 Å². The minimum Gasteiger partial charge on any atom is -0.508 e. The fourth-order valence-electron chi connectivity index (χ4n) is 1.44. The lowest BCUT2D eigenvalue weighted by Crippen LogP contribution is -2.29. The predicted octanol–water partition coefficient (Wildman–Crippen LogP) is 0.350. The van der Waals surface area contributed by atoms with E-state index in [2.05, 4.69) is 10.1 Å². The fraction of sp³-hybridized carbons (Fsp3) is 0.308. The van der Waals surface area contributed by atoms with Crippen molar-refractivity contribution in [3.63, 3.8) is 0 Å². The van der Waals surface area contributed by atoms with Crippen LogP contribution < -0.4 is 5.32 Å². The average molecular weight is 281 g/mol. The molecule has 0 heterocycles. The lowest BCUT2D eigenvalue weighted by Gasteiger charge is -2.05. The summed E-state index contributed by atoms with van der Waals surface area (Å²) in [5, 5.41) is 20.8. The number of phenols is 2. The molecule has 1 aromatic rings. The van der Waals surface area contributed by atoms with Gasteiger partial charge in [-0.25, -0.2) is 0 Å². The van der Waals surface area contributed by atoms with E-state index in [1.807, 2.05) is 0 Å². The Kier molecular flexibility index (Phi) is 5.52. The topological polar surface area (TPSA) is 113 Å². The molecular formula is C13H15NO6. The van der Waals surface area contributed by atoms with E-state index < -0.39 is 11.9 Å². The molecule has 20 heavy (non-hydrogen) atoms. The van der Waals surface area contributed by atoms with E-state index in [4.69, 9.17) is 0 Å². The monoisotopic (exact) mass is 281 g/mol. The van der Waals surface area contributed by atoms with Crippen molar-refractivity contribution in [3.05, 3.63) is 23.8 Å². The second kappa shape index (κ2) is 7.13. The van der Waals surface area contributed by atoms with Gasteiger partial charge in [0.25, 0.3) is 5.91 Å². The molecule has 0 saturated carbocycles. The molecule has 3 N–H and O–H groups in total. The lowest BCUT2D eigenvalue weighted by molar-refractivity contribution is -0.141. The van der Waals surface area contributed by atoms with E-state index >= 15 is 0 Å². The van der Waals surface area contributed by atoms with Crippen molar-refractivity contribution in [3.8, 4) is 11.5 Å². The van der Waals surface area contributed by atoms with Crippen LogP contribution in [-0.4, -0.2) is 41.5 Å². The normalized spacial score (nSPS) is 9.85. The molecule has 1 rings (SSSR count). The maximum absolute atomic E-state index is 11.7. The van der Waals surface area contributed by atoms with Gasteiger partial charge < -0.3 is 20.3 Å². The smallest absolute Gasteiger partial charge is 0.305 e. The number of rotatable bonds is 6. The second-order valence-corrected chi connectivity index (χ2v) is 4.04. The van der Waals surface area contributed by atoms with Gasteiger partial charge in [0.05, 0.1) is 20.1 Å². The number of esters is 1. The Hall–Kier alpha value is -2.57. The van der Waals surface area contributed by atoms with Gasteiger partial charge in [-0.3, -0.25) is 14.4 Å². The molecular weight excluding hydrogens is 266 g/mol. The van der Waals surface area contributed by atoms with Crippen LogP contribution in [0.25, 0.3) is 0 Å². The number of hydrogen-bond donors (Lipinski definition) is 3. The molecule has 0 radical (unpaired) electrons. The standard InChI is InChI=1S/C13H15NO6/c1-20-12(18)3-2-9(15)7-14-13(19)8-4-10(16)6-11(17)5-8/h4-6,16-17H,2-3,7H2,1H3,(H,14,19). The Labute approximate surface area is 115 Å². The molecule has 0 aromatic heterocycles. The second-order valence-electron chi connectivity index (χ2n) is 4.04. The molecule has 7 heteroatoms. The number of benzene rings is 1. The zero-order valence-corrected chi connectivity index (χ0v) is 10.9. The minimum atomic E-state index is -0.609. The number of carbonyl (C=O) groups is 3. The quantitative estimate of drug-likeness (QED) is 0.648. The third kappa shape index (κ3) is 4.97. The molecule has 0 fully saturated rings. The number of hydrogen-bond acceptors (Lipinski definition) is 6. The van der Waals surface area contributed by atoms with E-state index in [9.17, 15) is 24.6 Å². The largest absolute Gasteiger partial charge is 0.508 e. The molecule has 7 nitrogen and oxygen atoms in total. The van der Waals surface area contributed by atoms with Gasteiger partial charge in [-0.05, 0) is 12.1 Å². The first kappa shape index (κ1) is 15.5. The Morgan fingerprint density at radius 3 is 2.25 bits per heavy atom. The highest BCUT2D eigenvalue weighted by Crippen LogP contribution is 2.20. The maximum Gasteiger partial charge on any atom is 0.305 e. The number of nitrogens with one attached hydrogen (secondary N) is 1. The molecule has 108 valence electrons. The summed E-state index contributed by atoms with van der Waals surface area (Å²) in [7, 11) is 1.23. The first-order valence-electron chi connectivity index (χ1n) is 5.82. The number of Topliss-reactive ketones (excluding diaryl/α,β-unsaturated/α-hetero) is 1. The number of aromatic hydroxyl groups is 2. The number of ether oxygens (including phenoxy) is 1. The predicted molar refractivity (Wildman–Crippen MR) is 68.4 cm³/mol. The third-order valence-electron chi connectivity index (χ3n) is 2.45. The summed E-state index contributed by atoms with van der Waals surface area (Å²) >= 11 is 0. The van der Waals surface area contributed by atoms with Crippen LogP contribution in [0.5, 0.6) is 11.5 Å². The summed E-state index contributed by atoms with van der Waals surface area (Å²) in [6, 6.07) is 3.40. The molecule has 0 bridgehead atoms. The van der Waals surface area contributed by atoms with Gasteiger partial charge in [-0.1, -0.05) is 0 Å². The molecule has 1 amide bonds. The van der Waals surface area contributed by atoms with Crippen LogP contribution in [0.1, 0.15) is 23.2 Å². The van der Waals surface area contributed by atoms with E-state index in [0.717, 1.165) is 18.2 Å². The SMILES string of the molecule is COC(=O)CCC(=O)CNC(=O)c1cc(O)cc(O)c1. The molecule has 0 atom stereocenters. The van der Waals surface area contributed by atoms with Gasteiger partial charge in [0.1, 0.15) is 11.5 Å². The number of methoxy groups -OCH3 is 1. The summed E-state index contributed by atoms with van der Waals surface area (Å²) in [6.45, 7) is -0.244. The first-order valence-corrected chi connectivity index (χ1v) is 5.82. The van der Waals surface area contributed by atoms with Crippen LogP contribution in [0.4, 0.5) is 0 Å². The Morgan fingerprint density at radius 2 is 1.70 bits per heavy atom. The summed E-state index contributed by atoms with van der Waals surface area (Å²) < 4.78 is 4.39. The third-order valence-corrected chi connectivity index (χ3v) is 2.45. The highest BCUT2D eigenvalue weighted by atomic mass is 16.5. The summed E-state index contributed by atoms with van der Waals surface area (Å²) in [4.78, 5) is 33.9. The van der Waals surface area contributed by atoms with Gasteiger partial charge in [0.15, 0.2) is 5.78 Å². The maximum atomic E-state index is 11.7. The van der Waals surface area contributed by atoms with Gasteiger partial charge in [-0.15, -0.1) is 0 Å². The van der Waals surface area contributed by atoms with Crippen molar-refractivity contribution in [2.75, 3.05) is 13.7 Å². The van der Waals surface area contributed by atoms with Crippen LogP contribution in [-0.2, 0) is 14.3 Å². The van der Waals surface area contributed by atoms with Crippen molar-refractivity contribution in [1.82, 2.24) is 5.32 Å². The fourth-order valence-corrected chi connectivity index (χ4v) is 1.44. The Balaban J connectivity index is 2.46. The van der Waals surface area contributed by atoms with Crippen LogP contribution >= 0.6 is 0 Å².